The van der Waals surface area contributed by atoms with Crippen LogP contribution in [0.3, 0.4) is 0 Å². The van der Waals surface area contributed by atoms with Crippen LogP contribution in [0.15, 0.2) is 72.8 Å². The van der Waals surface area contributed by atoms with Crippen LogP contribution in [0.1, 0.15) is 62.3 Å². The van der Waals surface area contributed by atoms with E-state index in [1.54, 1.807) is 59.5 Å². The average Bonchev–Trinajstić information content (AvgIpc) is 3.90. The van der Waals surface area contributed by atoms with Gasteiger partial charge in [0.1, 0.15) is 11.9 Å². The second kappa shape index (κ2) is 12.2. The van der Waals surface area contributed by atoms with Crippen LogP contribution < -0.4 is 4.31 Å². The fourth-order valence-electron chi connectivity index (χ4n) is 6.29. The van der Waals surface area contributed by atoms with E-state index in [-0.39, 0.29) is 18.2 Å². The summed E-state index contributed by atoms with van der Waals surface area (Å²) in [6.07, 6.45) is 0.873. The van der Waals surface area contributed by atoms with Crippen LogP contribution in [-0.2, 0) is 24.3 Å². The Morgan fingerprint density at radius 3 is 2.31 bits per heavy atom. The third-order valence-electron chi connectivity index (χ3n) is 8.79. The fraction of sp³-hybridized carbons (Fsp3) is 0.394. The first-order valence-electron chi connectivity index (χ1n) is 14.9. The van der Waals surface area contributed by atoms with E-state index >= 15 is 4.39 Å². The van der Waals surface area contributed by atoms with E-state index in [0.29, 0.717) is 46.9 Å². The number of para-hydroxylation sites is 1. The Hall–Kier alpha value is -3.18. The maximum absolute atomic E-state index is 15.3. The molecule has 8 nitrogen and oxygen atoms in total. The minimum absolute atomic E-state index is 0.0847. The lowest BCUT2D eigenvalue weighted by molar-refractivity contribution is -0.207. The van der Waals surface area contributed by atoms with Crippen molar-refractivity contribution in [2.45, 2.75) is 68.1 Å². The van der Waals surface area contributed by atoms with Gasteiger partial charge in [-0.15, -0.1) is 0 Å². The third kappa shape index (κ3) is 6.43. The van der Waals surface area contributed by atoms with Gasteiger partial charge in [0.2, 0.25) is 10.0 Å². The number of carbonyl (C=O) groups is 2. The van der Waals surface area contributed by atoms with Crippen molar-refractivity contribution in [3.05, 3.63) is 99.8 Å². The first kappa shape index (κ1) is 31.8. The Morgan fingerprint density at radius 1 is 1.02 bits per heavy atom. The molecule has 4 unspecified atom stereocenters. The van der Waals surface area contributed by atoms with E-state index in [1.807, 2.05) is 0 Å². The lowest BCUT2D eigenvalue weighted by Gasteiger charge is -2.52. The Morgan fingerprint density at radius 2 is 1.71 bits per heavy atom. The summed E-state index contributed by atoms with van der Waals surface area (Å²) < 4.78 is 50.7. The number of hydrogen-bond donors (Lipinski definition) is 1. The predicted octanol–water partition coefficient (Wildman–Crippen LogP) is 6.78. The molecule has 2 saturated carbocycles. The molecule has 1 heterocycles. The molecule has 238 valence electrons. The van der Waals surface area contributed by atoms with Crippen molar-refractivity contribution in [1.82, 2.24) is 4.90 Å². The summed E-state index contributed by atoms with van der Waals surface area (Å²) in [6, 6.07) is 18.0. The molecule has 0 aromatic heterocycles. The van der Waals surface area contributed by atoms with Crippen molar-refractivity contribution in [1.29, 1.82) is 0 Å². The summed E-state index contributed by atoms with van der Waals surface area (Å²) in [5, 5.41) is 10.2. The van der Waals surface area contributed by atoms with E-state index in [9.17, 15) is 23.1 Å². The number of aliphatic carboxylic acids is 1. The quantitative estimate of drug-likeness (QED) is 0.240. The normalized spacial score (nSPS) is 24.4. The zero-order valence-corrected chi connectivity index (χ0v) is 26.8. The molecule has 3 fully saturated rings. The number of nitrogens with zero attached hydrogens (tertiary/aromatic N) is 2. The molecule has 3 aliphatic rings. The summed E-state index contributed by atoms with van der Waals surface area (Å²) in [5.74, 6) is -2.61. The zero-order valence-electron chi connectivity index (χ0n) is 24.5. The molecule has 4 atom stereocenters. The Labute approximate surface area is 271 Å². The van der Waals surface area contributed by atoms with Crippen LogP contribution in [0.2, 0.25) is 10.0 Å². The summed E-state index contributed by atoms with van der Waals surface area (Å²) in [4.78, 5) is 28.4. The molecule has 6 rings (SSSR count). The second-order valence-corrected chi connectivity index (χ2v) is 15.2. The number of carbonyl (C=O) groups excluding carboxylic acids is 1. The SMILES string of the molecule is CC1(CC(=O)O)OC(c2cccc(Cl)c2)C(c2ccc(Cl)cc2)N(C(CN(c2ccccc2F)S(=O)(=O)C2CC2)C2CC2)C1=O. The number of morpholine rings is 1. The van der Waals surface area contributed by atoms with Crippen LogP contribution in [0.25, 0.3) is 0 Å². The standard InChI is InChI=1S/C33H33Cl2FN2O6S/c1-33(18-29(39)40)32(41)38(30(21-11-13-23(34)14-12-21)31(44-33)22-5-4-6-24(35)17-22)28(20-9-10-20)19-37(45(42,43)25-15-16-25)27-8-3-2-7-26(27)36/h2-8,11-14,17,20,25,28,30-31H,9-10,15-16,18-19H2,1H3,(H,39,40). The molecule has 0 radical (unpaired) electrons. The monoisotopic (exact) mass is 674 g/mol. The Balaban J connectivity index is 1.53. The van der Waals surface area contributed by atoms with Crippen LogP contribution in [0.4, 0.5) is 10.1 Å². The van der Waals surface area contributed by atoms with Gasteiger partial charge in [-0.25, -0.2) is 12.8 Å². The summed E-state index contributed by atoms with van der Waals surface area (Å²) >= 11 is 12.7. The molecule has 3 aromatic carbocycles. The van der Waals surface area contributed by atoms with Crippen molar-refractivity contribution in [3.63, 3.8) is 0 Å². The molecule has 3 aromatic rings. The van der Waals surface area contributed by atoms with Crippen molar-refractivity contribution < 1.29 is 32.2 Å². The number of halogens is 3. The molecular formula is C33H33Cl2FN2O6S. The van der Waals surface area contributed by atoms with Crippen molar-refractivity contribution in [2.24, 2.45) is 5.92 Å². The first-order valence-corrected chi connectivity index (χ1v) is 17.1. The second-order valence-electron chi connectivity index (χ2n) is 12.2. The van der Waals surface area contributed by atoms with E-state index in [4.69, 9.17) is 27.9 Å². The number of carboxylic acid groups (broad SMARTS) is 1. The molecule has 0 bridgehead atoms. The lowest BCUT2D eigenvalue weighted by Crippen LogP contribution is -2.63. The molecule has 1 amide bonds. The number of benzene rings is 3. The molecule has 0 spiro atoms. The van der Waals surface area contributed by atoms with E-state index in [1.165, 1.54) is 25.1 Å². The number of rotatable bonds is 11. The van der Waals surface area contributed by atoms with Gasteiger partial charge in [0.05, 0.1) is 36.0 Å². The van der Waals surface area contributed by atoms with E-state index in [2.05, 4.69) is 0 Å². The highest BCUT2D eigenvalue weighted by atomic mass is 35.5. The number of sulfonamides is 1. The maximum atomic E-state index is 15.3. The van der Waals surface area contributed by atoms with Gasteiger partial charge in [-0.2, -0.15) is 0 Å². The van der Waals surface area contributed by atoms with Crippen LogP contribution in [0.5, 0.6) is 0 Å². The average molecular weight is 676 g/mol. The highest BCUT2D eigenvalue weighted by Crippen LogP contribution is 2.51. The summed E-state index contributed by atoms with van der Waals surface area (Å²) in [7, 11) is -3.97. The number of anilines is 1. The van der Waals surface area contributed by atoms with Crippen molar-refractivity contribution in [3.8, 4) is 0 Å². The minimum atomic E-state index is -3.97. The van der Waals surface area contributed by atoms with Crippen LogP contribution in [0, 0.1) is 11.7 Å². The Bertz CT molecular complexity index is 1720. The molecular weight excluding hydrogens is 642 g/mol. The fourth-order valence-corrected chi connectivity index (χ4v) is 8.49. The van der Waals surface area contributed by atoms with Gasteiger partial charge in [0.15, 0.2) is 5.60 Å². The molecule has 45 heavy (non-hydrogen) atoms. The molecule has 12 heteroatoms. The highest BCUT2D eigenvalue weighted by molar-refractivity contribution is 7.93. The van der Waals surface area contributed by atoms with Gasteiger partial charge in [0.25, 0.3) is 5.91 Å². The largest absolute Gasteiger partial charge is 0.481 e. The Kier molecular flexibility index (Phi) is 8.62. The smallest absolute Gasteiger partial charge is 0.306 e. The van der Waals surface area contributed by atoms with Gasteiger partial charge >= 0.3 is 5.97 Å². The van der Waals surface area contributed by atoms with Crippen molar-refractivity contribution >= 4 is 50.8 Å². The van der Waals surface area contributed by atoms with Gasteiger partial charge in [0, 0.05) is 10.0 Å². The number of ether oxygens (including phenoxy) is 1. The molecule has 1 saturated heterocycles. The van der Waals surface area contributed by atoms with E-state index < -0.39 is 63.2 Å². The van der Waals surface area contributed by atoms with Gasteiger partial charge in [-0.1, -0.05) is 59.6 Å². The topological polar surface area (TPSA) is 104 Å². The van der Waals surface area contributed by atoms with Crippen LogP contribution >= 0.6 is 23.2 Å². The molecule has 1 N–H and O–H groups in total. The third-order valence-corrected chi connectivity index (χ3v) is 11.5. The minimum Gasteiger partial charge on any atom is -0.481 e. The van der Waals surface area contributed by atoms with E-state index in [0.717, 1.165) is 4.31 Å². The highest BCUT2D eigenvalue weighted by Gasteiger charge is 2.56. The number of hydrogen-bond acceptors (Lipinski definition) is 5. The van der Waals surface area contributed by atoms with Gasteiger partial charge < -0.3 is 14.7 Å². The summed E-state index contributed by atoms with van der Waals surface area (Å²) in [6.45, 7) is 1.25. The lowest BCUT2D eigenvalue weighted by atomic mass is 9.85. The van der Waals surface area contributed by atoms with Crippen molar-refractivity contribution in [2.75, 3.05) is 10.8 Å². The molecule has 1 aliphatic heterocycles. The predicted molar refractivity (Wildman–Crippen MR) is 169 cm³/mol. The van der Waals surface area contributed by atoms with Crippen LogP contribution in [-0.4, -0.2) is 53.7 Å². The van der Waals surface area contributed by atoms with Gasteiger partial charge in [-0.05, 0) is 86.1 Å². The number of amides is 1. The maximum Gasteiger partial charge on any atom is 0.306 e. The first-order chi connectivity index (χ1) is 21.4. The summed E-state index contributed by atoms with van der Waals surface area (Å²) in [5.41, 5.74) is -0.614. The zero-order chi connectivity index (χ0) is 32.1. The van der Waals surface area contributed by atoms with Gasteiger partial charge in [-0.3, -0.25) is 13.9 Å². The number of carboxylic acids is 1. The molecule has 2 aliphatic carbocycles.